The molecule has 60 heavy (non-hydrogen) atoms. The smallest absolute Gasteiger partial charge is 0.164 e. The Bertz CT molecular complexity index is 3230. The molecule has 1 unspecified atom stereocenters. The topological polar surface area (TPSA) is 51.6 Å². The largest absolute Gasteiger partial charge is 0.256 e. The van der Waals surface area contributed by atoms with Crippen LogP contribution in [-0.4, -0.2) is 19.9 Å². The van der Waals surface area contributed by atoms with Crippen LogP contribution < -0.4 is 0 Å². The molecule has 4 nitrogen and oxygen atoms in total. The van der Waals surface area contributed by atoms with Gasteiger partial charge in [0.25, 0.3) is 0 Å². The summed E-state index contributed by atoms with van der Waals surface area (Å²) in [6.45, 7) is 8.01. The van der Waals surface area contributed by atoms with Gasteiger partial charge in [-0.15, -0.1) is 0 Å². The first-order chi connectivity index (χ1) is 29.6. The molecule has 0 bridgehead atoms. The molecule has 0 N–H and O–H groups in total. The van der Waals surface area contributed by atoms with Crippen LogP contribution in [0.25, 0.3) is 88.6 Å². The summed E-state index contributed by atoms with van der Waals surface area (Å²) >= 11 is 0. The lowest BCUT2D eigenvalue weighted by Crippen LogP contribution is -2.04. The van der Waals surface area contributed by atoms with Crippen LogP contribution in [0.4, 0.5) is 0 Å². The maximum Gasteiger partial charge on any atom is 0.164 e. The van der Waals surface area contributed by atoms with Gasteiger partial charge < -0.3 is 0 Å². The van der Waals surface area contributed by atoms with Crippen LogP contribution in [0.2, 0.25) is 0 Å². The molecule has 1 atom stereocenters. The third-order valence-electron chi connectivity index (χ3n) is 11.4. The third kappa shape index (κ3) is 7.05. The van der Waals surface area contributed by atoms with Crippen molar-refractivity contribution in [1.82, 2.24) is 19.9 Å². The standard InChI is InChI=1S/C56H40N4/c1-3-15-37(4-2)54-58-55(38-16-6-5-7-17-38)60-56(59-54)48-34-46(40-20-12-19-39(30-40)42-27-28-53-45(32-42)23-14-29-57-53)33-47(35-48)41-21-13-22-43(31-41)52-36-44-18-8-9-24-49(44)50-25-10-11-26-51(50)52/h3-20,22-36,41H,1-2,21H2/b37-15+. The van der Waals surface area contributed by atoms with E-state index in [0.717, 1.165) is 56.3 Å². The summed E-state index contributed by atoms with van der Waals surface area (Å²) in [5.74, 6) is 1.83. The van der Waals surface area contributed by atoms with Crippen LogP contribution >= 0.6 is 0 Å². The summed E-state index contributed by atoms with van der Waals surface area (Å²) in [7, 11) is 0. The van der Waals surface area contributed by atoms with Gasteiger partial charge in [0.1, 0.15) is 0 Å². The molecule has 2 heterocycles. The van der Waals surface area contributed by atoms with Crippen molar-refractivity contribution in [3.05, 3.63) is 230 Å². The van der Waals surface area contributed by atoms with E-state index in [9.17, 15) is 0 Å². The van der Waals surface area contributed by atoms with Gasteiger partial charge in [0.15, 0.2) is 17.5 Å². The molecular weight excluding hydrogens is 729 g/mol. The van der Waals surface area contributed by atoms with Gasteiger partial charge in [0, 0.05) is 34.2 Å². The third-order valence-corrected chi connectivity index (χ3v) is 11.4. The second-order valence-electron chi connectivity index (χ2n) is 15.1. The molecule has 0 radical (unpaired) electrons. The molecule has 4 heteroatoms. The zero-order valence-electron chi connectivity index (χ0n) is 33.0. The monoisotopic (exact) mass is 768 g/mol. The minimum absolute atomic E-state index is 0.101. The van der Waals surface area contributed by atoms with E-state index >= 15 is 0 Å². The van der Waals surface area contributed by atoms with Gasteiger partial charge in [-0.1, -0.05) is 165 Å². The van der Waals surface area contributed by atoms with Gasteiger partial charge in [0.05, 0.1) is 5.52 Å². The molecule has 0 saturated carbocycles. The maximum absolute atomic E-state index is 5.15. The molecule has 1 aliphatic rings. The zero-order chi connectivity index (χ0) is 40.4. The normalized spacial score (nSPS) is 14.0. The van der Waals surface area contributed by atoms with Crippen molar-refractivity contribution < 1.29 is 0 Å². The minimum Gasteiger partial charge on any atom is -0.256 e. The lowest BCUT2D eigenvalue weighted by Gasteiger charge is -2.21. The summed E-state index contributed by atoms with van der Waals surface area (Å²) in [5, 5.41) is 6.13. The lowest BCUT2D eigenvalue weighted by atomic mass is 9.83. The van der Waals surface area contributed by atoms with Crippen molar-refractivity contribution in [2.45, 2.75) is 12.3 Å². The molecule has 9 aromatic rings. The number of benzene rings is 7. The fraction of sp³-hybridized carbons (Fsp3) is 0.0357. The van der Waals surface area contributed by atoms with Crippen LogP contribution in [0.5, 0.6) is 0 Å². The molecule has 0 fully saturated rings. The maximum atomic E-state index is 5.15. The highest BCUT2D eigenvalue weighted by Gasteiger charge is 2.20. The fourth-order valence-corrected chi connectivity index (χ4v) is 8.39. The Labute approximate surface area is 350 Å². The van der Waals surface area contributed by atoms with Crippen molar-refractivity contribution in [3.63, 3.8) is 0 Å². The van der Waals surface area contributed by atoms with Crippen LogP contribution in [0.15, 0.2) is 214 Å². The zero-order valence-corrected chi connectivity index (χ0v) is 33.0. The summed E-state index contributed by atoms with van der Waals surface area (Å²) < 4.78 is 0. The van der Waals surface area contributed by atoms with Crippen molar-refractivity contribution >= 4 is 43.6 Å². The second kappa shape index (κ2) is 15.8. The van der Waals surface area contributed by atoms with Crippen molar-refractivity contribution in [2.24, 2.45) is 0 Å². The number of pyridine rings is 1. The summed E-state index contributed by atoms with van der Waals surface area (Å²) in [4.78, 5) is 19.7. The first-order valence-corrected chi connectivity index (χ1v) is 20.3. The Morgan fingerprint density at radius 3 is 2.07 bits per heavy atom. The van der Waals surface area contributed by atoms with Gasteiger partial charge >= 0.3 is 0 Å². The van der Waals surface area contributed by atoms with E-state index in [4.69, 9.17) is 15.0 Å². The molecule has 10 rings (SSSR count). The Kier molecular flexibility index (Phi) is 9.64. The Hall–Kier alpha value is -7.82. The number of allylic oxidation sites excluding steroid dienone is 8. The van der Waals surface area contributed by atoms with Crippen LogP contribution in [-0.2, 0) is 0 Å². The highest BCUT2D eigenvalue weighted by Crippen LogP contribution is 2.40. The van der Waals surface area contributed by atoms with Crippen LogP contribution in [0.3, 0.4) is 0 Å². The Morgan fingerprint density at radius 2 is 1.23 bits per heavy atom. The fourth-order valence-electron chi connectivity index (χ4n) is 8.39. The predicted molar refractivity (Wildman–Crippen MR) is 251 cm³/mol. The van der Waals surface area contributed by atoms with E-state index in [1.807, 2.05) is 48.7 Å². The molecule has 0 amide bonds. The molecule has 7 aromatic carbocycles. The molecule has 1 aliphatic carbocycles. The Balaban J connectivity index is 1.15. The van der Waals surface area contributed by atoms with Crippen LogP contribution in [0.1, 0.15) is 29.3 Å². The van der Waals surface area contributed by atoms with Gasteiger partial charge in [-0.05, 0) is 109 Å². The highest BCUT2D eigenvalue weighted by molar-refractivity contribution is 6.12. The first kappa shape index (κ1) is 36.5. The average Bonchev–Trinajstić information content (AvgIpc) is 3.33. The number of fused-ring (bicyclic) bond motifs is 4. The van der Waals surface area contributed by atoms with E-state index < -0.39 is 0 Å². The first-order valence-electron chi connectivity index (χ1n) is 20.3. The minimum atomic E-state index is 0.101. The van der Waals surface area contributed by atoms with E-state index in [1.54, 1.807) is 12.2 Å². The van der Waals surface area contributed by atoms with Gasteiger partial charge in [-0.3, -0.25) is 4.98 Å². The highest BCUT2D eigenvalue weighted by atomic mass is 15.0. The molecule has 0 saturated heterocycles. The summed E-state index contributed by atoms with van der Waals surface area (Å²) in [5.41, 5.74) is 11.7. The molecule has 0 spiro atoms. The van der Waals surface area contributed by atoms with Crippen molar-refractivity contribution in [2.75, 3.05) is 0 Å². The quantitative estimate of drug-likeness (QED) is 0.108. The number of hydrogen-bond acceptors (Lipinski definition) is 4. The van der Waals surface area contributed by atoms with Crippen molar-refractivity contribution in [1.29, 1.82) is 0 Å². The molecular formula is C56H40N4. The molecule has 284 valence electrons. The van der Waals surface area contributed by atoms with Crippen LogP contribution in [0, 0.1) is 0 Å². The second-order valence-corrected chi connectivity index (χ2v) is 15.1. The summed E-state index contributed by atoms with van der Waals surface area (Å²) in [6.07, 6.45) is 15.1. The summed E-state index contributed by atoms with van der Waals surface area (Å²) in [6, 6.07) is 56.0. The number of aromatic nitrogens is 4. The van der Waals surface area contributed by atoms with Gasteiger partial charge in [-0.25, -0.2) is 15.0 Å². The van der Waals surface area contributed by atoms with Gasteiger partial charge in [0.2, 0.25) is 0 Å². The predicted octanol–water partition coefficient (Wildman–Crippen LogP) is 14.3. The lowest BCUT2D eigenvalue weighted by molar-refractivity contribution is 0.857. The number of rotatable bonds is 9. The van der Waals surface area contributed by atoms with E-state index in [0.29, 0.717) is 17.5 Å². The molecule has 0 aliphatic heterocycles. The Morgan fingerprint density at radius 1 is 0.550 bits per heavy atom. The van der Waals surface area contributed by atoms with E-state index in [2.05, 4.69) is 158 Å². The van der Waals surface area contributed by atoms with E-state index in [1.165, 1.54) is 38.2 Å². The molecule has 2 aromatic heterocycles. The number of hydrogen-bond donors (Lipinski definition) is 0. The SMILES string of the molecule is C=C/C=C(\C=C)c1nc(-c2ccccc2)nc(-c2cc(-c3cccc(-c4ccc5ncccc5c4)c3)cc(C3C=C(c4cc5ccccc5c5ccccc45)C=CC3)c2)n1. The average molecular weight is 769 g/mol. The van der Waals surface area contributed by atoms with E-state index in [-0.39, 0.29) is 5.92 Å². The van der Waals surface area contributed by atoms with Crippen molar-refractivity contribution in [3.8, 4) is 45.0 Å². The van der Waals surface area contributed by atoms with Gasteiger partial charge in [-0.2, -0.15) is 0 Å². The number of nitrogens with zero attached hydrogens (tertiary/aromatic N) is 4.